The van der Waals surface area contributed by atoms with Crippen LogP contribution in [0.15, 0.2) is 24.3 Å². The van der Waals surface area contributed by atoms with Crippen LogP contribution in [-0.4, -0.2) is 27.1 Å². The van der Waals surface area contributed by atoms with Crippen LogP contribution in [0.5, 0.6) is 5.75 Å². The van der Waals surface area contributed by atoms with Gasteiger partial charge in [-0.25, -0.2) is 5.43 Å². The Bertz CT molecular complexity index is 427. The highest BCUT2D eigenvalue weighted by Gasteiger charge is 2.22. The van der Waals surface area contributed by atoms with Crippen LogP contribution in [0.3, 0.4) is 0 Å². The van der Waals surface area contributed by atoms with Gasteiger partial charge in [-0.05, 0) is 38.5 Å². The van der Waals surface area contributed by atoms with E-state index in [1.165, 1.54) is 24.3 Å². The van der Waals surface area contributed by atoms with Gasteiger partial charge >= 0.3 is 5.97 Å². The normalized spacial score (nSPS) is 13.5. The molecule has 19 heavy (non-hydrogen) atoms. The first-order chi connectivity index (χ1) is 8.69. The lowest BCUT2D eigenvalue weighted by Crippen LogP contribution is -2.43. The summed E-state index contributed by atoms with van der Waals surface area (Å²) in [5.41, 5.74) is 1.76. The highest BCUT2D eigenvalue weighted by atomic mass is 16.9. The molecule has 7 heteroatoms. The second kappa shape index (κ2) is 5.98. The molecule has 0 saturated heterocycles. The number of nitrogens with one attached hydrogen (secondary N) is 1. The predicted octanol–water partition coefficient (Wildman–Crippen LogP) is 1.55. The van der Waals surface area contributed by atoms with Crippen LogP contribution in [0.1, 0.15) is 32.4 Å². The SMILES string of the molecule is CC(C)(C)ON([O-])N[C@H](C(=O)O)c1ccc(O)cc1. The van der Waals surface area contributed by atoms with Crippen molar-refractivity contribution in [3.05, 3.63) is 35.0 Å². The average Bonchev–Trinajstić information content (AvgIpc) is 2.24. The summed E-state index contributed by atoms with van der Waals surface area (Å²) < 4.78 is 0. The van der Waals surface area contributed by atoms with Crippen LogP contribution in [0.2, 0.25) is 0 Å². The lowest BCUT2D eigenvalue weighted by molar-refractivity contribution is -0.233. The molecule has 1 aromatic carbocycles. The Labute approximate surface area is 110 Å². The third-order valence-corrected chi connectivity index (χ3v) is 2.06. The largest absolute Gasteiger partial charge is 0.748 e. The number of aliphatic carboxylic acids is 1. The summed E-state index contributed by atoms with van der Waals surface area (Å²) >= 11 is 0. The van der Waals surface area contributed by atoms with E-state index in [0.717, 1.165) is 0 Å². The van der Waals surface area contributed by atoms with E-state index in [1.807, 2.05) is 0 Å². The molecule has 0 heterocycles. The molecule has 7 nitrogen and oxygen atoms in total. The van der Waals surface area contributed by atoms with E-state index in [2.05, 4.69) is 5.43 Å². The van der Waals surface area contributed by atoms with Crippen molar-refractivity contribution in [2.75, 3.05) is 0 Å². The number of hydrogen-bond acceptors (Lipinski definition) is 6. The predicted molar refractivity (Wildman–Crippen MR) is 67.7 cm³/mol. The molecule has 0 aliphatic heterocycles. The van der Waals surface area contributed by atoms with Crippen molar-refractivity contribution in [2.45, 2.75) is 32.4 Å². The number of carboxylic acids is 1. The van der Waals surface area contributed by atoms with E-state index >= 15 is 0 Å². The monoisotopic (exact) mass is 269 g/mol. The molecular formula is C12H17N2O5-. The molecular weight excluding hydrogens is 252 g/mol. The minimum atomic E-state index is -1.26. The number of phenolic OH excluding ortho intramolecular Hbond substituents is 1. The van der Waals surface area contributed by atoms with Crippen molar-refractivity contribution < 1.29 is 19.8 Å². The molecule has 0 spiro atoms. The highest BCUT2D eigenvalue weighted by molar-refractivity contribution is 5.75. The van der Waals surface area contributed by atoms with Gasteiger partial charge in [-0.3, -0.25) is 9.63 Å². The summed E-state index contributed by atoms with van der Waals surface area (Å²) in [6, 6.07) is 4.23. The van der Waals surface area contributed by atoms with Gasteiger partial charge in [0, 0.05) is 0 Å². The standard InChI is InChI=1S/C12H17N2O5/c1-12(2,3)19-14(18)13-10(11(16)17)8-4-6-9(15)7-5-8/h4-7,10,13,15H,1-3H3,(H,16,17)/q-1/t10-/m0/s1. The molecule has 0 radical (unpaired) electrons. The van der Waals surface area contributed by atoms with E-state index in [-0.39, 0.29) is 11.1 Å². The van der Waals surface area contributed by atoms with E-state index in [4.69, 9.17) is 15.1 Å². The Kier molecular flexibility index (Phi) is 4.84. The molecule has 0 unspecified atom stereocenters. The molecule has 1 rings (SSSR count). The Morgan fingerprint density at radius 3 is 2.32 bits per heavy atom. The number of aromatic hydroxyl groups is 1. The zero-order valence-electron chi connectivity index (χ0n) is 11.0. The average molecular weight is 269 g/mol. The van der Waals surface area contributed by atoms with Crippen LogP contribution in [0.25, 0.3) is 0 Å². The number of phenols is 1. The lowest BCUT2D eigenvalue weighted by Gasteiger charge is -2.36. The van der Waals surface area contributed by atoms with Crippen LogP contribution >= 0.6 is 0 Å². The number of hydrogen-bond donors (Lipinski definition) is 3. The van der Waals surface area contributed by atoms with Gasteiger partial charge in [0.15, 0.2) is 0 Å². The molecule has 0 aliphatic rings. The smallest absolute Gasteiger partial charge is 0.326 e. The second-order valence-electron chi connectivity index (χ2n) is 4.95. The molecule has 0 bridgehead atoms. The fourth-order valence-electron chi connectivity index (χ4n) is 1.32. The Morgan fingerprint density at radius 1 is 1.37 bits per heavy atom. The van der Waals surface area contributed by atoms with Gasteiger partial charge in [0.05, 0.1) is 5.60 Å². The number of nitrogens with zero attached hydrogens (tertiary/aromatic N) is 1. The molecule has 0 saturated carbocycles. The fourth-order valence-corrected chi connectivity index (χ4v) is 1.32. The second-order valence-corrected chi connectivity index (χ2v) is 4.95. The van der Waals surface area contributed by atoms with Crippen LogP contribution in [0, 0.1) is 5.21 Å². The van der Waals surface area contributed by atoms with Gasteiger partial charge in [0.25, 0.3) is 0 Å². The lowest BCUT2D eigenvalue weighted by atomic mass is 10.1. The first-order valence-electron chi connectivity index (χ1n) is 5.63. The van der Waals surface area contributed by atoms with E-state index in [0.29, 0.717) is 5.56 Å². The highest BCUT2D eigenvalue weighted by Crippen LogP contribution is 2.18. The van der Waals surface area contributed by atoms with Gasteiger partial charge in [-0.15, -0.1) is 0 Å². The topological polar surface area (TPSA) is 105 Å². The summed E-state index contributed by atoms with van der Waals surface area (Å²) in [5, 5.41) is 29.8. The van der Waals surface area contributed by atoms with Crippen molar-refractivity contribution in [2.24, 2.45) is 0 Å². The molecule has 0 aliphatic carbocycles. The summed E-state index contributed by atoms with van der Waals surface area (Å²) in [6.07, 6.45) is 0. The molecule has 106 valence electrons. The molecule has 3 N–H and O–H groups in total. The summed E-state index contributed by atoms with van der Waals surface area (Å²) in [6.45, 7) is 4.99. The van der Waals surface area contributed by atoms with Gasteiger partial charge in [0.1, 0.15) is 11.8 Å². The third-order valence-electron chi connectivity index (χ3n) is 2.06. The minimum Gasteiger partial charge on any atom is -0.748 e. The number of rotatable bonds is 5. The van der Waals surface area contributed by atoms with Crippen LogP contribution < -0.4 is 5.43 Å². The maximum absolute atomic E-state index is 11.5. The van der Waals surface area contributed by atoms with E-state index in [1.54, 1.807) is 20.8 Å². The fraction of sp³-hybridized carbons (Fsp3) is 0.417. The van der Waals surface area contributed by atoms with Crippen molar-refractivity contribution in [1.29, 1.82) is 0 Å². The van der Waals surface area contributed by atoms with Crippen molar-refractivity contribution in [3.63, 3.8) is 0 Å². The summed E-state index contributed by atoms with van der Waals surface area (Å²) in [7, 11) is 0. The van der Waals surface area contributed by atoms with E-state index in [9.17, 15) is 10.0 Å². The number of carboxylic acid groups (broad SMARTS) is 1. The Hall–Kier alpha value is -1.67. The van der Waals surface area contributed by atoms with Crippen LogP contribution in [-0.2, 0) is 9.63 Å². The van der Waals surface area contributed by atoms with Gasteiger partial charge in [-0.1, -0.05) is 12.1 Å². The molecule has 0 aromatic heterocycles. The number of benzene rings is 1. The van der Waals surface area contributed by atoms with Crippen LogP contribution in [0.4, 0.5) is 0 Å². The summed E-state index contributed by atoms with van der Waals surface area (Å²) in [5.74, 6) is -1.22. The zero-order chi connectivity index (χ0) is 14.6. The molecule has 0 amide bonds. The first kappa shape index (κ1) is 15.4. The van der Waals surface area contributed by atoms with E-state index < -0.39 is 17.6 Å². The third kappa shape index (κ3) is 5.23. The zero-order valence-corrected chi connectivity index (χ0v) is 11.0. The maximum Gasteiger partial charge on any atom is 0.326 e. The minimum absolute atomic E-state index is 0.0119. The van der Waals surface area contributed by atoms with Gasteiger partial charge in [-0.2, -0.15) is 5.34 Å². The quantitative estimate of drug-likeness (QED) is 0.696. The van der Waals surface area contributed by atoms with Gasteiger partial charge < -0.3 is 15.4 Å². The number of hydrazine groups is 1. The first-order valence-corrected chi connectivity index (χ1v) is 5.63. The molecule has 1 aromatic rings. The van der Waals surface area contributed by atoms with Crippen molar-refractivity contribution in [1.82, 2.24) is 10.8 Å². The Balaban J connectivity index is 2.79. The molecule has 0 fully saturated rings. The van der Waals surface area contributed by atoms with Crippen molar-refractivity contribution >= 4 is 5.97 Å². The molecule has 1 atom stereocenters. The summed E-state index contributed by atoms with van der Waals surface area (Å²) in [4.78, 5) is 16.1. The maximum atomic E-state index is 11.5. The number of carbonyl (C=O) groups is 1. The van der Waals surface area contributed by atoms with Gasteiger partial charge in [0.2, 0.25) is 0 Å². The Morgan fingerprint density at radius 2 is 1.89 bits per heavy atom. The van der Waals surface area contributed by atoms with Crippen molar-refractivity contribution in [3.8, 4) is 5.75 Å².